The fraction of sp³-hybridized carbons (Fsp3) is 0.462. The second-order valence-corrected chi connectivity index (χ2v) is 10.3. The summed E-state index contributed by atoms with van der Waals surface area (Å²) in [4.78, 5) is 23.6. The Balaban J connectivity index is 0.00000408. The summed E-state index contributed by atoms with van der Waals surface area (Å²) in [5.74, 6) is 1.92. The number of anilines is 1. The van der Waals surface area contributed by atoms with Crippen molar-refractivity contribution in [1.82, 2.24) is 9.88 Å². The second kappa shape index (κ2) is 13.9. The molecule has 0 saturated heterocycles. The third kappa shape index (κ3) is 7.60. The number of hydrogen-bond donors (Lipinski definition) is 0. The summed E-state index contributed by atoms with van der Waals surface area (Å²) in [6, 6.07) is 12.4. The first-order chi connectivity index (χ1) is 15.9. The number of fused-ring (bicyclic) bond motifs is 1. The van der Waals surface area contributed by atoms with Crippen LogP contribution in [0.2, 0.25) is 0 Å². The van der Waals surface area contributed by atoms with Crippen molar-refractivity contribution in [2.24, 2.45) is 0 Å². The maximum Gasteiger partial charge on any atom is 0.228 e. The lowest BCUT2D eigenvalue weighted by Crippen LogP contribution is -2.38. The molecule has 1 amide bonds. The number of nitrogens with zero attached hydrogens (tertiary/aromatic N) is 3. The molecule has 0 aliphatic heterocycles. The molecule has 3 aromatic rings. The van der Waals surface area contributed by atoms with Gasteiger partial charge in [0.25, 0.3) is 0 Å². The van der Waals surface area contributed by atoms with E-state index in [1.54, 1.807) is 30.2 Å². The van der Waals surface area contributed by atoms with Gasteiger partial charge in [-0.2, -0.15) is 0 Å². The van der Waals surface area contributed by atoms with Gasteiger partial charge in [-0.25, -0.2) is 4.98 Å². The lowest BCUT2D eigenvalue weighted by Gasteiger charge is -2.24. The number of amides is 1. The summed E-state index contributed by atoms with van der Waals surface area (Å²) in [7, 11) is 1.67. The maximum atomic E-state index is 13.3. The molecule has 0 N–H and O–H groups in total. The summed E-state index contributed by atoms with van der Waals surface area (Å²) in [6.45, 7) is 12.0. The number of likely N-dealkylation sites (N-methyl/N-ethyl adjacent to an activating group) is 1. The molecule has 34 heavy (non-hydrogen) atoms. The van der Waals surface area contributed by atoms with E-state index in [0.29, 0.717) is 13.0 Å². The van der Waals surface area contributed by atoms with E-state index in [-0.39, 0.29) is 18.3 Å². The molecule has 0 spiro atoms. The van der Waals surface area contributed by atoms with Crippen molar-refractivity contribution >= 4 is 56.8 Å². The lowest BCUT2D eigenvalue weighted by atomic mass is 10.1. The molecule has 1 aromatic heterocycles. The Hall–Kier alpha value is -1.80. The van der Waals surface area contributed by atoms with Crippen LogP contribution in [-0.4, -0.2) is 54.8 Å². The number of carbonyl (C=O) groups is 1. The van der Waals surface area contributed by atoms with Gasteiger partial charge in [-0.05, 0) is 86.6 Å². The summed E-state index contributed by atoms with van der Waals surface area (Å²) in [6.07, 6.45) is 1.36. The van der Waals surface area contributed by atoms with Crippen LogP contribution in [0.4, 0.5) is 5.13 Å². The minimum absolute atomic E-state index is 0. The Bertz CT molecular complexity index is 1010. The monoisotopic (exact) mass is 521 g/mol. The zero-order chi connectivity index (χ0) is 23.8. The second-order valence-electron chi connectivity index (χ2n) is 8.10. The number of aryl methyl sites for hydroxylation is 2. The van der Waals surface area contributed by atoms with Crippen molar-refractivity contribution in [3.63, 3.8) is 0 Å². The minimum atomic E-state index is 0. The maximum absolute atomic E-state index is 13.3. The van der Waals surface area contributed by atoms with E-state index >= 15 is 0 Å². The van der Waals surface area contributed by atoms with Crippen molar-refractivity contribution in [2.75, 3.05) is 43.9 Å². The van der Waals surface area contributed by atoms with Crippen LogP contribution in [0.25, 0.3) is 10.2 Å². The number of carbonyl (C=O) groups excluding carboxylic acids is 1. The van der Waals surface area contributed by atoms with Crippen molar-refractivity contribution in [2.45, 2.75) is 45.4 Å². The number of benzene rings is 2. The summed E-state index contributed by atoms with van der Waals surface area (Å²) in [5, 5.41) is 0.815. The van der Waals surface area contributed by atoms with Gasteiger partial charge in [0.2, 0.25) is 5.91 Å². The van der Waals surface area contributed by atoms with Crippen LogP contribution >= 0.6 is 35.5 Å². The van der Waals surface area contributed by atoms with Gasteiger partial charge < -0.3 is 9.64 Å². The van der Waals surface area contributed by atoms with Gasteiger partial charge in [-0.3, -0.25) is 9.69 Å². The van der Waals surface area contributed by atoms with Crippen LogP contribution < -0.4 is 9.64 Å². The number of hydrogen-bond acceptors (Lipinski definition) is 6. The van der Waals surface area contributed by atoms with Crippen molar-refractivity contribution in [3.05, 3.63) is 47.5 Å². The lowest BCUT2D eigenvalue weighted by molar-refractivity contribution is -0.118. The number of thiazole rings is 1. The van der Waals surface area contributed by atoms with E-state index in [2.05, 4.69) is 56.9 Å². The topological polar surface area (TPSA) is 45.7 Å². The molecule has 2 aromatic carbocycles. The number of halogens is 1. The van der Waals surface area contributed by atoms with Crippen LogP contribution in [0.5, 0.6) is 5.75 Å². The van der Waals surface area contributed by atoms with Gasteiger partial charge in [0.15, 0.2) is 5.13 Å². The first-order valence-electron chi connectivity index (χ1n) is 11.6. The molecule has 0 aliphatic rings. The fourth-order valence-corrected chi connectivity index (χ4v) is 5.55. The molecule has 0 radical (unpaired) electrons. The smallest absolute Gasteiger partial charge is 0.228 e. The summed E-state index contributed by atoms with van der Waals surface area (Å²) >= 11 is 3.40. The van der Waals surface area contributed by atoms with E-state index in [0.717, 1.165) is 52.9 Å². The average molecular weight is 522 g/mol. The van der Waals surface area contributed by atoms with E-state index < -0.39 is 0 Å². The molecule has 0 bridgehead atoms. The summed E-state index contributed by atoms with van der Waals surface area (Å²) < 4.78 is 6.36. The zero-order valence-corrected chi connectivity index (χ0v) is 23.2. The Morgan fingerprint density at radius 3 is 2.38 bits per heavy atom. The van der Waals surface area contributed by atoms with Gasteiger partial charge in [0.1, 0.15) is 5.75 Å². The number of rotatable bonds is 12. The molecule has 0 atom stereocenters. The fourth-order valence-electron chi connectivity index (χ4n) is 3.61. The average Bonchev–Trinajstić information content (AvgIpc) is 3.22. The molecule has 1 heterocycles. The van der Waals surface area contributed by atoms with Gasteiger partial charge in [0, 0.05) is 24.4 Å². The third-order valence-corrected chi connectivity index (χ3v) is 8.06. The highest BCUT2D eigenvalue weighted by Crippen LogP contribution is 2.31. The highest BCUT2D eigenvalue weighted by molar-refractivity contribution is 7.99. The first kappa shape index (κ1) is 28.4. The van der Waals surface area contributed by atoms with Crippen LogP contribution in [0.1, 0.15) is 37.8 Å². The van der Waals surface area contributed by atoms with E-state index in [1.807, 2.05) is 17.0 Å². The van der Waals surface area contributed by atoms with Crippen molar-refractivity contribution in [3.8, 4) is 5.75 Å². The zero-order valence-electron chi connectivity index (χ0n) is 20.8. The van der Waals surface area contributed by atoms with Crippen molar-refractivity contribution < 1.29 is 9.53 Å². The first-order valence-corrected chi connectivity index (χ1v) is 13.4. The predicted octanol–water partition coefficient (Wildman–Crippen LogP) is 6.59. The van der Waals surface area contributed by atoms with Crippen LogP contribution in [0.3, 0.4) is 0 Å². The minimum Gasteiger partial charge on any atom is -0.497 e. The SMILES string of the molecule is CCN(CC)CCN(C(=O)CCCSc1ccc(OC)cc1)c1nc2cc(C)c(C)cc2s1.Cl. The molecular formula is C26H36ClN3O2S2. The van der Waals surface area contributed by atoms with Crippen LogP contribution in [0, 0.1) is 13.8 Å². The van der Waals surface area contributed by atoms with Crippen molar-refractivity contribution in [1.29, 1.82) is 0 Å². The molecule has 0 aliphatic carbocycles. The van der Waals surface area contributed by atoms with Crippen LogP contribution in [0.15, 0.2) is 41.3 Å². The van der Waals surface area contributed by atoms with Gasteiger partial charge in [-0.15, -0.1) is 24.2 Å². The van der Waals surface area contributed by atoms with Crippen LogP contribution in [-0.2, 0) is 4.79 Å². The van der Waals surface area contributed by atoms with Gasteiger partial charge in [-0.1, -0.05) is 25.2 Å². The molecule has 3 rings (SSSR count). The molecule has 0 unspecified atom stereocenters. The number of aromatic nitrogens is 1. The standard InChI is InChI=1S/C26H35N3O2S2.ClH/c1-6-28(7-2)14-15-29(26-27-23-17-19(3)20(4)18-24(23)33-26)25(30)9-8-16-32-22-12-10-21(31-5)11-13-22;/h10-13,17-18H,6-9,14-16H2,1-5H3;1H. The van der Waals surface area contributed by atoms with E-state index in [4.69, 9.17) is 9.72 Å². The Morgan fingerprint density at radius 2 is 1.74 bits per heavy atom. The van der Waals surface area contributed by atoms with E-state index in [1.165, 1.54) is 16.0 Å². The number of ether oxygens (including phenoxy) is 1. The Labute approximate surface area is 218 Å². The highest BCUT2D eigenvalue weighted by atomic mass is 35.5. The molecule has 0 fully saturated rings. The quantitative estimate of drug-likeness (QED) is 0.199. The van der Waals surface area contributed by atoms with Gasteiger partial charge in [0.05, 0.1) is 17.3 Å². The normalized spacial score (nSPS) is 11.0. The molecular weight excluding hydrogens is 486 g/mol. The molecule has 0 saturated carbocycles. The number of thioether (sulfide) groups is 1. The molecule has 186 valence electrons. The summed E-state index contributed by atoms with van der Waals surface area (Å²) in [5.41, 5.74) is 3.47. The predicted molar refractivity (Wildman–Crippen MR) is 149 cm³/mol. The Kier molecular flexibility index (Phi) is 11.6. The third-order valence-electron chi connectivity index (χ3n) is 5.92. The largest absolute Gasteiger partial charge is 0.497 e. The molecule has 8 heteroatoms. The molecule has 5 nitrogen and oxygen atoms in total. The number of methoxy groups -OCH3 is 1. The highest BCUT2D eigenvalue weighted by Gasteiger charge is 2.20. The van der Waals surface area contributed by atoms with E-state index in [9.17, 15) is 4.79 Å². The Morgan fingerprint density at radius 1 is 1.06 bits per heavy atom. The van der Waals surface area contributed by atoms with Gasteiger partial charge >= 0.3 is 0 Å².